The van der Waals surface area contributed by atoms with Crippen LogP contribution < -0.4 is 4.74 Å². The van der Waals surface area contributed by atoms with Crippen LogP contribution in [-0.2, 0) is 6.42 Å². The van der Waals surface area contributed by atoms with Crippen molar-refractivity contribution < 1.29 is 4.74 Å². The Hall–Kier alpha value is -1.02. The maximum absolute atomic E-state index is 5.92. The van der Waals surface area contributed by atoms with Gasteiger partial charge in [0.05, 0.1) is 14.7 Å². The summed E-state index contributed by atoms with van der Waals surface area (Å²) in [4.78, 5) is 0. The van der Waals surface area contributed by atoms with Gasteiger partial charge in [-0.1, -0.05) is 77.0 Å². The van der Waals surface area contributed by atoms with Crippen molar-refractivity contribution in [2.24, 2.45) is 0 Å². The van der Waals surface area contributed by atoms with E-state index >= 15 is 0 Å². The van der Waals surface area contributed by atoms with Gasteiger partial charge in [-0.15, -0.1) is 0 Å². The van der Waals surface area contributed by atoms with Crippen molar-refractivity contribution in [3.05, 3.63) is 35.9 Å². The lowest BCUT2D eigenvalue weighted by atomic mass is 10.1. The van der Waals surface area contributed by atoms with Gasteiger partial charge in [0.15, 0.2) is 0 Å². The first kappa shape index (κ1) is 19.0. The molecule has 124 valence electrons. The molecule has 0 aliphatic carbocycles. The first-order chi connectivity index (χ1) is 10.6. The fourth-order valence-electron chi connectivity index (χ4n) is 3.21. The van der Waals surface area contributed by atoms with Crippen molar-refractivity contribution in [1.82, 2.24) is 0 Å². The molecule has 0 amide bonds. The lowest BCUT2D eigenvalue weighted by Crippen LogP contribution is -2.30. The van der Waals surface area contributed by atoms with Crippen LogP contribution in [0.4, 0.5) is 0 Å². The zero-order chi connectivity index (χ0) is 16.4. The minimum Gasteiger partial charge on any atom is -0.493 e. The van der Waals surface area contributed by atoms with E-state index < -0.39 is 8.07 Å². The van der Waals surface area contributed by atoms with Crippen LogP contribution in [0.25, 0.3) is 6.08 Å². The number of hydrogen-bond acceptors (Lipinski definition) is 1. The molecule has 0 radical (unpaired) electrons. The predicted molar refractivity (Wildman–Crippen MR) is 103 cm³/mol. The van der Waals surface area contributed by atoms with E-state index in [1.165, 1.54) is 41.7 Å². The minimum absolute atomic E-state index is 0.804. The Kier molecular flexibility index (Phi) is 8.55. The smallest absolute Gasteiger partial charge is 0.122 e. The summed E-state index contributed by atoms with van der Waals surface area (Å²) in [5.41, 5.74) is 2.56. The van der Waals surface area contributed by atoms with E-state index in [-0.39, 0.29) is 0 Å². The van der Waals surface area contributed by atoms with Gasteiger partial charge in [-0.25, -0.2) is 0 Å². The Morgan fingerprint density at radius 3 is 2.32 bits per heavy atom. The number of ether oxygens (including phenoxy) is 1. The van der Waals surface area contributed by atoms with Crippen LogP contribution in [0.3, 0.4) is 0 Å². The van der Waals surface area contributed by atoms with E-state index in [2.05, 4.69) is 52.5 Å². The first-order valence-corrected chi connectivity index (χ1v) is 11.9. The molecule has 1 aromatic rings. The van der Waals surface area contributed by atoms with Crippen LogP contribution in [0, 0.1) is 0 Å². The molecule has 0 aromatic heterocycles. The van der Waals surface area contributed by atoms with Crippen molar-refractivity contribution >= 4 is 14.1 Å². The second kappa shape index (κ2) is 9.89. The summed E-state index contributed by atoms with van der Waals surface area (Å²) in [5.74, 6) is 1.07. The highest BCUT2D eigenvalue weighted by atomic mass is 28.3. The number of benzene rings is 1. The van der Waals surface area contributed by atoms with Gasteiger partial charge in [-0.3, -0.25) is 0 Å². The van der Waals surface area contributed by atoms with Gasteiger partial charge in [0.1, 0.15) is 5.75 Å². The third-order valence-corrected chi connectivity index (χ3v) is 11.1. The average Bonchev–Trinajstić information content (AvgIpc) is 2.57. The molecule has 0 unspecified atom stereocenters. The molecule has 0 spiro atoms. The summed E-state index contributed by atoms with van der Waals surface area (Å²) >= 11 is 0. The van der Waals surface area contributed by atoms with Crippen LogP contribution in [0.1, 0.15) is 51.7 Å². The molecule has 1 rings (SSSR count). The Balaban J connectivity index is 2.75. The van der Waals surface area contributed by atoms with Crippen LogP contribution >= 0.6 is 0 Å². The molecule has 0 aliphatic rings. The standard InChI is InChI=1S/C20H34OSi/c1-6-15-21-20-14-13-18(7-2)17-19(20)12-11-16-22(8-3,9-4)10-5/h7,13-14,17H,2,6,8-12,15-16H2,1,3-5H3. The van der Waals surface area contributed by atoms with E-state index in [9.17, 15) is 0 Å². The molecule has 2 heteroatoms. The fourth-order valence-corrected chi connectivity index (χ4v) is 6.70. The number of aryl methyl sites for hydroxylation is 1. The summed E-state index contributed by atoms with van der Waals surface area (Å²) in [5, 5.41) is 0. The second-order valence-corrected chi connectivity index (χ2v) is 12.0. The zero-order valence-corrected chi connectivity index (χ0v) is 16.1. The third kappa shape index (κ3) is 5.31. The van der Waals surface area contributed by atoms with Gasteiger partial charge in [-0.05, 0) is 36.1 Å². The lowest BCUT2D eigenvalue weighted by Gasteiger charge is -2.28. The highest BCUT2D eigenvalue weighted by Gasteiger charge is 2.25. The molecular weight excluding hydrogens is 284 g/mol. The first-order valence-electron chi connectivity index (χ1n) is 9.02. The summed E-state index contributed by atoms with van der Waals surface area (Å²) < 4.78 is 5.92. The molecule has 0 saturated carbocycles. The number of rotatable bonds is 11. The van der Waals surface area contributed by atoms with E-state index in [0.29, 0.717) is 0 Å². The van der Waals surface area contributed by atoms with Gasteiger partial charge in [0.2, 0.25) is 0 Å². The van der Waals surface area contributed by atoms with Gasteiger partial charge < -0.3 is 4.74 Å². The molecule has 0 bridgehead atoms. The van der Waals surface area contributed by atoms with E-state index in [0.717, 1.165) is 25.2 Å². The summed E-state index contributed by atoms with van der Waals surface area (Å²) in [6.07, 6.45) is 5.41. The molecule has 1 nitrogen and oxygen atoms in total. The van der Waals surface area contributed by atoms with Crippen LogP contribution in [0.15, 0.2) is 24.8 Å². The molecule has 0 heterocycles. The minimum atomic E-state index is -0.997. The maximum Gasteiger partial charge on any atom is 0.122 e. The SMILES string of the molecule is C=Cc1ccc(OCCC)c(CCC[Si](CC)(CC)CC)c1. The van der Waals surface area contributed by atoms with Crippen molar-refractivity contribution in [3.8, 4) is 5.75 Å². The third-order valence-electron chi connectivity index (χ3n) is 5.19. The van der Waals surface area contributed by atoms with Gasteiger partial charge in [0.25, 0.3) is 0 Å². The molecule has 0 saturated heterocycles. The topological polar surface area (TPSA) is 9.23 Å². The maximum atomic E-state index is 5.92. The van der Waals surface area contributed by atoms with Crippen LogP contribution in [0.5, 0.6) is 5.75 Å². The Morgan fingerprint density at radius 2 is 1.77 bits per heavy atom. The molecule has 0 fully saturated rings. The van der Waals surface area contributed by atoms with Crippen LogP contribution in [-0.4, -0.2) is 14.7 Å². The predicted octanol–water partition coefficient (Wildman–Crippen LogP) is 6.56. The molecule has 0 aliphatic heterocycles. The highest BCUT2D eigenvalue weighted by molar-refractivity contribution is 6.79. The fraction of sp³-hybridized carbons (Fsp3) is 0.600. The molecule has 0 N–H and O–H groups in total. The second-order valence-electron chi connectivity index (χ2n) is 6.33. The zero-order valence-electron chi connectivity index (χ0n) is 15.1. The largest absolute Gasteiger partial charge is 0.493 e. The molecule has 1 aromatic carbocycles. The Bertz CT molecular complexity index is 441. The Labute approximate surface area is 138 Å². The summed E-state index contributed by atoms with van der Waals surface area (Å²) in [7, 11) is -0.997. The highest BCUT2D eigenvalue weighted by Crippen LogP contribution is 2.29. The molecular formula is C20H34OSi. The van der Waals surface area contributed by atoms with Crippen molar-refractivity contribution in [3.63, 3.8) is 0 Å². The summed E-state index contributed by atoms with van der Waals surface area (Å²) in [6, 6.07) is 12.2. The normalized spacial score (nSPS) is 11.5. The summed E-state index contributed by atoms with van der Waals surface area (Å²) in [6.45, 7) is 14.0. The molecule has 22 heavy (non-hydrogen) atoms. The molecule has 0 atom stereocenters. The van der Waals surface area contributed by atoms with Crippen LogP contribution in [0.2, 0.25) is 24.2 Å². The lowest BCUT2D eigenvalue weighted by molar-refractivity contribution is 0.314. The van der Waals surface area contributed by atoms with Gasteiger partial charge in [0, 0.05) is 0 Å². The quantitative estimate of drug-likeness (QED) is 0.420. The van der Waals surface area contributed by atoms with Gasteiger partial charge >= 0.3 is 0 Å². The van der Waals surface area contributed by atoms with E-state index in [4.69, 9.17) is 4.74 Å². The van der Waals surface area contributed by atoms with Crippen molar-refractivity contribution in [1.29, 1.82) is 0 Å². The van der Waals surface area contributed by atoms with Crippen molar-refractivity contribution in [2.75, 3.05) is 6.61 Å². The van der Waals surface area contributed by atoms with E-state index in [1.807, 2.05) is 6.08 Å². The van der Waals surface area contributed by atoms with Crippen molar-refractivity contribution in [2.45, 2.75) is 71.1 Å². The van der Waals surface area contributed by atoms with E-state index in [1.54, 1.807) is 0 Å². The van der Waals surface area contributed by atoms with Gasteiger partial charge in [-0.2, -0.15) is 0 Å². The monoisotopic (exact) mass is 318 g/mol. The average molecular weight is 319 g/mol. The number of hydrogen-bond donors (Lipinski definition) is 0. The Morgan fingerprint density at radius 1 is 1.09 bits per heavy atom.